The van der Waals surface area contributed by atoms with Gasteiger partial charge in [-0.05, 0) is 56.8 Å². The van der Waals surface area contributed by atoms with Gasteiger partial charge >= 0.3 is 37.3 Å². The Morgan fingerprint density at radius 2 is 0.490 bits per heavy atom. The van der Waals surface area contributed by atoms with E-state index in [-0.39, 0.29) is 37.3 Å². The second-order valence-electron chi connectivity index (χ2n) is 13.0. The average molecular weight is 843 g/mol. The normalized spacial score (nSPS) is 10.8. The molecule has 0 saturated carbocycles. The van der Waals surface area contributed by atoms with Crippen molar-refractivity contribution in [3.8, 4) is 0 Å². The van der Waals surface area contributed by atoms with Crippen LogP contribution in [0.5, 0.6) is 0 Å². The number of hydrogen-bond donors (Lipinski definition) is 0. The quantitative estimate of drug-likeness (QED) is 0.0480. The first-order valence-electron chi connectivity index (χ1n) is 19.9. The van der Waals surface area contributed by atoms with E-state index in [0.717, 1.165) is 56.8 Å². The summed E-state index contributed by atoms with van der Waals surface area (Å²) in [4.78, 5) is 30.2. The average Bonchev–Trinajstić information content (AvgIpc) is 3.05. The second-order valence-corrected chi connectivity index (χ2v) is 13.0. The Hall–Kier alpha value is -1.12. The summed E-state index contributed by atoms with van der Waals surface area (Å²) in [5.74, 6) is -3.26. The fourth-order valence-corrected chi connectivity index (χ4v) is 5.26. The van der Waals surface area contributed by atoms with Gasteiger partial charge in [0.2, 0.25) is 0 Å². The van der Waals surface area contributed by atoms with E-state index in [0.29, 0.717) is 0 Å². The molecule has 0 aromatic heterocycles. The maximum absolute atomic E-state index is 10.1. The van der Waals surface area contributed by atoms with Crippen molar-refractivity contribution in [3.63, 3.8) is 0 Å². The van der Waals surface area contributed by atoms with Crippen molar-refractivity contribution in [1.29, 1.82) is 0 Å². The first kappa shape index (κ1) is 54.6. The number of carbonyl (C=O) groups is 3. The molecule has 49 heavy (non-hydrogen) atoms. The van der Waals surface area contributed by atoms with Gasteiger partial charge in [0.25, 0.3) is 0 Å². The summed E-state index contributed by atoms with van der Waals surface area (Å²) in [5, 5.41) is 30.2. The number of unbranched alkanes of at least 4 members (excludes halogenated alkanes) is 27. The van der Waals surface area contributed by atoms with Crippen molar-refractivity contribution < 1.29 is 67.0 Å². The van der Waals surface area contributed by atoms with Crippen molar-refractivity contribution in [1.82, 2.24) is 0 Å². The SMILES string of the molecule is CCCCCCCCCCCC=CC(=O)[O-].CCCCCCCCCCCC=CC(=O)[O-].CCCCCCCCCCCC=CC(=O)[O-].[Er+3]. The molecule has 291 valence electrons. The van der Waals surface area contributed by atoms with Gasteiger partial charge in [0.05, 0.1) is 17.9 Å². The van der Waals surface area contributed by atoms with E-state index in [4.69, 9.17) is 0 Å². The molecule has 0 fully saturated rings. The molecular weight excluding hydrogens is 768 g/mol. The zero-order valence-corrected chi connectivity index (χ0v) is 33.8. The van der Waals surface area contributed by atoms with Crippen LogP contribution >= 0.6 is 0 Å². The molecule has 1 radical (unpaired) electrons. The molecule has 0 rings (SSSR count). The Morgan fingerprint density at radius 1 is 0.327 bits per heavy atom. The van der Waals surface area contributed by atoms with Gasteiger partial charge in [-0.3, -0.25) is 0 Å². The van der Waals surface area contributed by atoms with Crippen LogP contribution in [0.15, 0.2) is 36.5 Å². The molecule has 6 nitrogen and oxygen atoms in total. The van der Waals surface area contributed by atoms with Crippen molar-refractivity contribution >= 4 is 17.9 Å². The van der Waals surface area contributed by atoms with Crippen LogP contribution < -0.4 is 15.3 Å². The summed E-state index contributed by atoms with van der Waals surface area (Å²) in [7, 11) is 0. The van der Waals surface area contributed by atoms with Crippen molar-refractivity contribution in [2.75, 3.05) is 0 Å². The molecule has 0 aromatic carbocycles. The summed E-state index contributed by atoms with van der Waals surface area (Å²) in [6, 6.07) is 0. The number of carboxylic acids is 3. The first-order chi connectivity index (χ1) is 23.3. The topological polar surface area (TPSA) is 120 Å². The molecule has 0 N–H and O–H groups in total. The van der Waals surface area contributed by atoms with Crippen LogP contribution in [0.4, 0.5) is 0 Å². The minimum absolute atomic E-state index is 0. The van der Waals surface area contributed by atoms with E-state index >= 15 is 0 Å². The van der Waals surface area contributed by atoms with Gasteiger partial charge in [-0.15, -0.1) is 0 Å². The Labute approximate surface area is 332 Å². The van der Waals surface area contributed by atoms with Crippen molar-refractivity contribution in [3.05, 3.63) is 36.5 Å². The summed E-state index contributed by atoms with van der Waals surface area (Å²) >= 11 is 0. The van der Waals surface area contributed by atoms with Crippen LogP contribution in [-0.4, -0.2) is 17.9 Å². The van der Waals surface area contributed by atoms with E-state index in [1.807, 2.05) is 0 Å². The molecule has 0 amide bonds. The Balaban J connectivity index is -0.000000307. The molecule has 0 bridgehead atoms. The van der Waals surface area contributed by atoms with E-state index in [1.165, 1.54) is 154 Å². The van der Waals surface area contributed by atoms with Gasteiger partial charge < -0.3 is 29.7 Å². The fraction of sp³-hybridized carbons (Fsp3) is 0.786. The smallest absolute Gasteiger partial charge is 0.545 e. The predicted molar refractivity (Wildman–Crippen MR) is 198 cm³/mol. The Morgan fingerprint density at radius 3 is 0.653 bits per heavy atom. The Bertz CT molecular complexity index is 662. The molecule has 0 aliphatic heterocycles. The maximum atomic E-state index is 10.1. The van der Waals surface area contributed by atoms with Crippen LogP contribution in [0.1, 0.15) is 213 Å². The minimum atomic E-state index is -1.09. The van der Waals surface area contributed by atoms with E-state index in [1.54, 1.807) is 18.2 Å². The number of aliphatic carboxylic acids is 3. The summed E-state index contributed by atoms with van der Waals surface area (Å²) in [5.41, 5.74) is 0. The number of carboxylic acid groups (broad SMARTS) is 3. The van der Waals surface area contributed by atoms with Crippen LogP contribution in [0, 0.1) is 37.3 Å². The molecule has 7 heteroatoms. The van der Waals surface area contributed by atoms with Crippen LogP contribution in [-0.2, 0) is 14.4 Å². The second kappa shape index (κ2) is 51.2. The fourth-order valence-electron chi connectivity index (χ4n) is 5.26. The molecule has 0 unspecified atom stereocenters. The molecule has 0 saturated heterocycles. The molecular formula is C42H75ErO6. The van der Waals surface area contributed by atoms with Gasteiger partial charge in [0.1, 0.15) is 0 Å². The minimum Gasteiger partial charge on any atom is -0.545 e. The molecule has 0 aromatic rings. The van der Waals surface area contributed by atoms with Crippen LogP contribution in [0.25, 0.3) is 0 Å². The van der Waals surface area contributed by atoms with Gasteiger partial charge in [-0.25, -0.2) is 0 Å². The van der Waals surface area contributed by atoms with Gasteiger partial charge in [-0.1, -0.05) is 193 Å². The zero-order valence-electron chi connectivity index (χ0n) is 31.9. The third kappa shape index (κ3) is 65.8. The van der Waals surface area contributed by atoms with Crippen molar-refractivity contribution in [2.45, 2.75) is 213 Å². The summed E-state index contributed by atoms with van der Waals surface area (Å²) in [6.45, 7) is 6.71. The Kier molecular flexibility index (Phi) is 57.2. The van der Waals surface area contributed by atoms with E-state index in [9.17, 15) is 29.7 Å². The number of carbonyl (C=O) groups excluding carboxylic acids is 3. The number of hydrogen-bond acceptors (Lipinski definition) is 6. The summed E-state index contributed by atoms with van der Waals surface area (Å²) in [6.07, 6.45) is 46.2. The maximum Gasteiger partial charge on any atom is 3.00 e. The van der Waals surface area contributed by atoms with Gasteiger partial charge in [0, 0.05) is 0 Å². The first-order valence-corrected chi connectivity index (χ1v) is 19.9. The van der Waals surface area contributed by atoms with E-state index < -0.39 is 17.9 Å². The molecule has 0 atom stereocenters. The largest absolute Gasteiger partial charge is 3.00 e. The predicted octanol–water partition coefficient (Wildman–Crippen LogP) is 9.64. The van der Waals surface area contributed by atoms with Crippen molar-refractivity contribution in [2.24, 2.45) is 0 Å². The molecule has 0 aliphatic carbocycles. The molecule has 0 aliphatic rings. The van der Waals surface area contributed by atoms with Crippen LogP contribution in [0.2, 0.25) is 0 Å². The zero-order chi connectivity index (χ0) is 36.2. The number of rotatable bonds is 33. The summed E-state index contributed by atoms with van der Waals surface area (Å²) < 4.78 is 0. The molecule has 0 heterocycles. The van der Waals surface area contributed by atoms with Crippen LogP contribution in [0.3, 0.4) is 0 Å². The monoisotopic (exact) mass is 841 g/mol. The third-order valence-electron chi connectivity index (χ3n) is 8.18. The van der Waals surface area contributed by atoms with E-state index in [2.05, 4.69) is 20.8 Å². The van der Waals surface area contributed by atoms with Gasteiger partial charge in [0.15, 0.2) is 0 Å². The standard InChI is InChI=1S/3C14H26O2.Er/c3*1-2-3-4-5-6-7-8-9-10-11-12-13-14(15)16;/h3*12-13H,2-11H2,1H3,(H,15,16);/q;;;+3/p-3. The molecule has 0 spiro atoms. The van der Waals surface area contributed by atoms with Gasteiger partial charge in [-0.2, -0.15) is 0 Å². The third-order valence-corrected chi connectivity index (χ3v) is 8.18. The number of allylic oxidation sites excluding steroid dienone is 3.